The summed E-state index contributed by atoms with van der Waals surface area (Å²) >= 11 is 0. The molecule has 174 valence electrons. The van der Waals surface area contributed by atoms with Crippen molar-refractivity contribution in [1.29, 1.82) is 0 Å². The van der Waals surface area contributed by atoms with E-state index < -0.39 is 5.82 Å². The Labute approximate surface area is 192 Å². The first kappa shape index (κ1) is 22.8. The summed E-state index contributed by atoms with van der Waals surface area (Å²) in [6, 6.07) is 10.2. The number of ether oxygens (including phenoxy) is 3. The topological polar surface area (TPSA) is 72.9 Å². The molecule has 33 heavy (non-hydrogen) atoms. The smallest absolute Gasteiger partial charge is 0.233 e. The average molecular weight is 454 g/mol. The Hall–Kier alpha value is -3.39. The number of carbonyl (C=O) groups is 1. The van der Waals surface area contributed by atoms with Gasteiger partial charge in [0.05, 0.1) is 19.2 Å². The van der Waals surface area contributed by atoms with Gasteiger partial charge in [-0.3, -0.25) is 14.7 Å². The molecule has 1 N–H and O–H groups in total. The molecule has 4 rings (SSSR count). The molecule has 0 unspecified atom stereocenters. The lowest BCUT2D eigenvalue weighted by Crippen LogP contribution is -2.43. The van der Waals surface area contributed by atoms with Gasteiger partial charge >= 0.3 is 0 Å². The maximum absolute atomic E-state index is 14.3. The fourth-order valence-corrected chi connectivity index (χ4v) is 3.92. The summed E-state index contributed by atoms with van der Waals surface area (Å²) in [5.41, 5.74) is 1.48. The number of methoxy groups -OCH3 is 1. The Kier molecular flexibility index (Phi) is 6.93. The van der Waals surface area contributed by atoms with E-state index in [1.807, 2.05) is 13.0 Å². The van der Waals surface area contributed by atoms with Crippen molar-refractivity contribution in [3.8, 4) is 23.0 Å². The number of nitrogens with zero attached hydrogens (tertiary/aromatic N) is 2. The molecule has 7 nitrogen and oxygen atoms in total. The summed E-state index contributed by atoms with van der Waals surface area (Å²) in [4.78, 5) is 18.2. The third-order valence-electron chi connectivity index (χ3n) is 5.77. The monoisotopic (exact) mass is 453 g/mol. The van der Waals surface area contributed by atoms with Gasteiger partial charge < -0.3 is 19.5 Å². The second kappa shape index (κ2) is 10.0. The van der Waals surface area contributed by atoms with Gasteiger partial charge in [0, 0.05) is 37.8 Å². The molecule has 1 saturated heterocycles. The number of piperidine rings is 1. The predicted octanol–water partition coefficient (Wildman–Crippen LogP) is 4.07. The molecule has 0 bridgehead atoms. The molecule has 1 aliphatic rings. The van der Waals surface area contributed by atoms with Crippen LogP contribution in [0.25, 0.3) is 10.9 Å². The second-order valence-corrected chi connectivity index (χ2v) is 8.13. The van der Waals surface area contributed by atoms with Crippen LogP contribution in [0.1, 0.15) is 18.4 Å². The molecule has 0 spiro atoms. The van der Waals surface area contributed by atoms with E-state index in [9.17, 15) is 9.18 Å². The quantitative estimate of drug-likeness (QED) is 0.581. The van der Waals surface area contributed by atoms with Crippen LogP contribution in [0, 0.1) is 12.7 Å². The molecular formula is C25H28FN3O4. The van der Waals surface area contributed by atoms with E-state index in [0.29, 0.717) is 34.7 Å². The Morgan fingerprint density at radius 2 is 1.91 bits per heavy atom. The summed E-state index contributed by atoms with van der Waals surface area (Å²) in [7, 11) is 3.22. The molecule has 2 heterocycles. The number of hydrogen-bond donors (Lipinski definition) is 1. The van der Waals surface area contributed by atoms with Crippen molar-refractivity contribution in [2.45, 2.75) is 25.9 Å². The van der Waals surface area contributed by atoms with Crippen molar-refractivity contribution in [2.24, 2.45) is 0 Å². The lowest BCUT2D eigenvalue weighted by atomic mass is 10.1. The van der Waals surface area contributed by atoms with Crippen LogP contribution in [-0.4, -0.2) is 55.7 Å². The number of rotatable bonds is 7. The van der Waals surface area contributed by atoms with Gasteiger partial charge in [-0.2, -0.15) is 0 Å². The number of pyridine rings is 1. The highest BCUT2D eigenvalue weighted by atomic mass is 19.1. The number of halogens is 1. The normalized spacial score (nSPS) is 14.8. The number of hydrogen-bond acceptors (Lipinski definition) is 6. The summed E-state index contributed by atoms with van der Waals surface area (Å²) in [5, 5.41) is 3.35. The van der Waals surface area contributed by atoms with Gasteiger partial charge in [-0.1, -0.05) is 6.07 Å². The highest BCUT2D eigenvalue weighted by Crippen LogP contribution is 2.38. The molecule has 0 atom stereocenters. The van der Waals surface area contributed by atoms with Gasteiger partial charge in [0.2, 0.25) is 5.91 Å². The van der Waals surface area contributed by atoms with Gasteiger partial charge in [0.25, 0.3) is 0 Å². The Bertz CT molecular complexity index is 1150. The minimum Gasteiger partial charge on any atom is -0.493 e. The van der Waals surface area contributed by atoms with Crippen molar-refractivity contribution in [1.82, 2.24) is 15.2 Å². The first-order chi connectivity index (χ1) is 16.0. The van der Waals surface area contributed by atoms with Gasteiger partial charge in [-0.05, 0) is 49.6 Å². The third kappa shape index (κ3) is 5.34. The van der Waals surface area contributed by atoms with Gasteiger partial charge in [-0.15, -0.1) is 0 Å². The molecule has 0 saturated carbocycles. The predicted molar refractivity (Wildman–Crippen MR) is 124 cm³/mol. The SMILES string of the molecule is CNC(=O)CN1CCC(Oc2cc3nccc(Oc4ccc(C)cc4F)c3cc2OC)CC1. The van der Waals surface area contributed by atoms with Gasteiger partial charge in [0.15, 0.2) is 23.1 Å². The van der Waals surface area contributed by atoms with Gasteiger partial charge in [0.1, 0.15) is 11.9 Å². The van der Waals surface area contributed by atoms with Crippen LogP contribution in [0.15, 0.2) is 42.6 Å². The number of fused-ring (bicyclic) bond motifs is 1. The minimum absolute atomic E-state index is 0.0124. The molecular weight excluding hydrogens is 425 g/mol. The molecule has 1 amide bonds. The van der Waals surface area contributed by atoms with E-state index in [4.69, 9.17) is 14.2 Å². The van der Waals surface area contributed by atoms with E-state index in [-0.39, 0.29) is 17.8 Å². The highest BCUT2D eigenvalue weighted by Gasteiger charge is 2.23. The molecule has 3 aromatic rings. The van der Waals surface area contributed by atoms with Crippen LogP contribution in [0.5, 0.6) is 23.0 Å². The molecule has 8 heteroatoms. The van der Waals surface area contributed by atoms with Crippen LogP contribution in [0.4, 0.5) is 4.39 Å². The maximum Gasteiger partial charge on any atom is 0.233 e. The average Bonchev–Trinajstić information content (AvgIpc) is 2.81. The van der Waals surface area contributed by atoms with Crippen molar-refractivity contribution in [2.75, 3.05) is 33.8 Å². The zero-order valence-electron chi connectivity index (χ0n) is 19.1. The number of aryl methyl sites for hydroxylation is 1. The van der Waals surface area contributed by atoms with Crippen LogP contribution in [0.3, 0.4) is 0 Å². The van der Waals surface area contributed by atoms with Crippen LogP contribution >= 0.6 is 0 Å². The Morgan fingerprint density at radius 3 is 2.61 bits per heavy atom. The Morgan fingerprint density at radius 1 is 1.12 bits per heavy atom. The van der Waals surface area contributed by atoms with E-state index in [0.717, 1.165) is 31.5 Å². The fraction of sp³-hybridized carbons (Fsp3) is 0.360. The number of benzene rings is 2. The first-order valence-corrected chi connectivity index (χ1v) is 11.0. The first-order valence-electron chi connectivity index (χ1n) is 11.0. The molecule has 1 aromatic heterocycles. The van der Waals surface area contributed by atoms with E-state index in [1.54, 1.807) is 44.6 Å². The maximum atomic E-state index is 14.3. The zero-order chi connectivity index (χ0) is 23.4. The summed E-state index contributed by atoms with van der Waals surface area (Å²) in [6.45, 7) is 3.79. The molecule has 1 aliphatic heterocycles. The zero-order valence-corrected chi connectivity index (χ0v) is 19.1. The van der Waals surface area contributed by atoms with Crippen LogP contribution in [0.2, 0.25) is 0 Å². The largest absolute Gasteiger partial charge is 0.493 e. The Balaban J connectivity index is 1.53. The number of nitrogens with one attached hydrogen (secondary N) is 1. The molecule has 0 radical (unpaired) electrons. The number of likely N-dealkylation sites (tertiary alicyclic amines) is 1. The minimum atomic E-state index is -0.422. The number of carbonyl (C=O) groups excluding carboxylic acids is 1. The second-order valence-electron chi connectivity index (χ2n) is 8.13. The van der Waals surface area contributed by atoms with Crippen LogP contribution < -0.4 is 19.5 Å². The van der Waals surface area contributed by atoms with Crippen molar-refractivity contribution in [3.63, 3.8) is 0 Å². The van der Waals surface area contributed by atoms with Crippen molar-refractivity contribution >= 4 is 16.8 Å². The standard InChI is InChI=1S/C25H28FN3O4/c1-16-4-5-22(19(26)12-16)33-21-6-9-28-20-14-24(23(31-3)13-18(20)21)32-17-7-10-29(11-8-17)15-25(30)27-2/h4-6,9,12-14,17H,7-8,10-11,15H2,1-3H3,(H,27,30). The fourth-order valence-electron chi connectivity index (χ4n) is 3.92. The lowest BCUT2D eigenvalue weighted by Gasteiger charge is -2.31. The van der Waals surface area contributed by atoms with E-state index in [2.05, 4.69) is 15.2 Å². The summed E-state index contributed by atoms with van der Waals surface area (Å²) < 4.78 is 32.0. The van der Waals surface area contributed by atoms with Gasteiger partial charge in [-0.25, -0.2) is 4.39 Å². The molecule has 1 fully saturated rings. The highest BCUT2D eigenvalue weighted by molar-refractivity contribution is 5.88. The summed E-state index contributed by atoms with van der Waals surface area (Å²) in [6.07, 6.45) is 3.25. The third-order valence-corrected chi connectivity index (χ3v) is 5.77. The van der Waals surface area contributed by atoms with E-state index in [1.165, 1.54) is 6.07 Å². The molecule has 2 aromatic carbocycles. The van der Waals surface area contributed by atoms with Crippen LogP contribution in [-0.2, 0) is 4.79 Å². The van der Waals surface area contributed by atoms with E-state index >= 15 is 0 Å². The summed E-state index contributed by atoms with van der Waals surface area (Å²) in [5.74, 6) is 1.37. The van der Waals surface area contributed by atoms with Crippen molar-refractivity contribution < 1.29 is 23.4 Å². The number of amides is 1. The van der Waals surface area contributed by atoms with Crippen molar-refractivity contribution in [3.05, 3.63) is 54.0 Å². The lowest BCUT2D eigenvalue weighted by molar-refractivity contribution is -0.122. The molecule has 0 aliphatic carbocycles. The number of likely N-dealkylation sites (N-methyl/N-ethyl adjacent to an activating group) is 1. The number of aromatic nitrogens is 1.